The van der Waals surface area contributed by atoms with Gasteiger partial charge in [0.25, 0.3) is 0 Å². The maximum Gasteiger partial charge on any atom is 0.410 e. The molecule has 1 fully saturated rings. The average molecular weight is 386 g/mol. The van der Waals surface area contributed by atoms with E-state index >= 15 is 0 Å². The van der Waals surface area contributed by atoms with Crippen LogP contribution in [0.25, 0.3) is 0 Å². The lowest BCUT2D eigenvalue weighted by Gasteiger charge is -2.36. The Kier molecular flexibility index (Phi) is 5.58. The molecule has 1 saturated heterocycles. The van der Waals surface area contributed by atoms with Crippen LogP contribution in [0.1, 0.15) is 29.0 Å². The number of nitrogens with zero attached hydrogens (tertiary/aromatic N) is 1. The first-order valence-corrected chi connectivity index (χ1v) is 8.66. The molecule has 1 aliphatic rings. The van der Waals surface area contributed by atoms with Gasteiger partial charge in [-0.2, -0.15) is 0 Å². The smallest absolute Gasteiger partial charge is 0.410 e. The molecule has 2 amide bonds. The molecule has 8 heteroatoms. The number of nitrogens with two attached hydrogens (primary N) is 1. The van der Waals surface area contributed by atoms with Gasteiger partial charge in [-0.25, -0.2) is 14.0 Å². The van der Waals surface area contributed by atoms with Crippen LogP contribution in [0.2, 0.25) is 0 Å². The molecule has 0 radical (unpaired) electrons. The molecule has 1 unspecified atom stereocenters. The van der Waals surface area contributed by atoms with E-state index in [4.69, 9.17) is 15.6 Å². The topological polar surface area (TPSA) is 110 Å². The predicted octanol–water partition coefficient (Wildman–Crippen LogP) is 2.24. The van der Waals surface area contributed by atoms with Crippen molar-refractivity contribution in [3.05, 3.63) is 71.0 Å². The molecule has 146 valence electrons. The zero-order valence-corrected chi connectivity index (χ0v) is 14.9. The first-order valence-electron chi connectivity index (χ1n) is 8.66. The van der Waals surface area contributed by atoms with Gasteiger partial charge in [0.1, 0.15) is 18.5 Å². The summed E-state index contributed by atoms with van der Waals surface area (Å²) in [5.41, 5.74) is 7.39. The minimum absolute atomic E-state index is 0.0280. The van der Waals surface area contributed by atoms with Crippen molar-refractivity contribution in [2.45, 2.75) is 25.0 Å². The summed E-state index contributed by atoms with van der Waals surface area (Å²) >= 11 is 0. The van der Waals surface area contributed by atoms with E-state index in [9.17, 15) is 18.8 Å². The summed E-state index contributed by atoms with van der Waals surface area (Å²) in [5, 5.41) is 8.97. The normalized spacial score (nSPS) is 16.8. The molecule has 2 aromatic rings. The van der Waals surface area contributed by atoms with Crippen LogP contribution < -0.4 is 5.73 Å². The third-order valence-corrected chi connectivity index (χ3v) is 4.70. The molecule has 0 aromatic heterocycles. The Balaban J connectivity index is 1.65. The van der Waals surface area contributed by atoms with Gasteiger partial charge in [0, 0.05) is 6.54 Å². The van der Waals surface area contributed by atoms with E-state index in [-0.39, 0.29) is 6.61 Å². The number of hydrogen-bond donors (Lipinski definition) is 2. The second kappa shape index (κ2) is 8.08. The van der Waals surface area contributed by atoms with E-state index < -0.39 is 35.7 Å². The summed E-state index contributed by atoms with van der Waals surface area (Å²) in [6, 6.07) is 11.5. The summed E-state index contributed by atoms with van der Waals surface area (Å²) in [6.45, 7) is 0.326. The maximum absolute atomic E-state index is 13.1. The monoisotopic (exact) mass is 386 g/mol. The van der Waals surface area contributed by atoms with Crippen LogP contribution >= 0.6 is 0 Å². The second-order valence-corrected chi connectivity index (χ2v) is 6.52. The van der Waals surface area contributed by atoms with Crippen molar-refractivity contribution in [2.24, 2.45) is 5.73 Å². The maximum atomic E-state index is 13.1. The minimum Gasteiger partial charge on any atom is -0.480 e. The average Bonchev–Trinajstić information content (AvgIpc) is 2.61. The van der Waals surface area contributed by atoms with Gasteiger partial charge in [-0.05, 0) is 35.2 Å². The van der Waals surface area contributed by atoms with Crippen LogP contribution in [0, 0.1) is 5.82 Å². The number of primary amides is 1. The van der Waals surface area contributed by atoms with E-state index in [1.54, 1.807) is 24.3 Å². The lowest BCUT2D eigenvalue weighted by molar-refractivity contribution is -0.147. The summed E-state index contributed by atoms with van der Waals surface area (Å²) in [5.74, 6) is -2.75. The van der Waals surface area contributed by atoms with Gasteiger partial charge < -0.3 is 15.6 Å². The number of likely N-dealkylation sites (tertiary alicyclic amines) is 1. The molecule has 3 rings (SSSR count). The van der Waals surface area contributed by atoms with Crippen LogP contribution in [0.3, 0.4) is 0 Å². The molecule has 28 heavy (non-hydrogen) atoms. The van der Waals surface area contributed by atoms with Gasteiger partial charge in [0.15, 0.2) is 0 Å². The molecular formula is C20H19FN2O5. The molecular weight excluding hydrogens is 367 g/mol. The van der Waals surface area contributed by atoms with Crippen molar-refractivity contribution in [3.63, 3.8) is 0 Å². The fourth-order valence-corrected chi connectivity index (χ4v) is 3.07. The summed E-state index contributed by atoms with van der Waals surface area (Å²) in [7, 11) is 0. The number of amides is 2. The molecule has 0 aliphatic carbocycles. The zero-order chi connectivity index (χ0) is 20.3. The van der Waals surface area contributed by atoms with Gasteiger partial charge in [0.2, 0.25) is 5.91 Å². The van der Waals surface area contributed by atoms with E-state index in [0.717, 1.165) is 4.90 Å². The SMILES string of the molecule is NC(=O)C(c1ccc(F)cc1)c1ccc(COC(=O)N2CC[C@H]2C(=O)O)cc1. The summed E-state index contributed by atoms with van der Waals surface area (Å²) in [6.07, 6.45) is -0.263. The van der Waals surface area contributed by atoms with Crippen molar-refractivity contribution in [1.82, 2.24) is 4.90 Å². The fraction of sp³-hybridized carbons (Fsp3) is 0.250. The minimum atomic E-state index is -1.05. The van der Waals surface area contributed by atoms with Gasteiger partial charge in [-0.15, -0.1) is 0 Å². The number of halogens is 1. The quantitative estimate of drug-likeness (QED) is 0.791. The van der Waals surface area contributed by atoms with Crippen LogP contribution in [-0.2, 0) is 20.9 Å². The number of carboxylic acids is 1. The van der Waals surface area contributed by atoms with E-state index in [1.807, 2.05) is 0 Å². The van der Waals surface area contributed by atoms with Crippen LogP contribution in [0.4, 0.5) is 9.18 Å². The van der Waals surface area contributed by atoms with Crippen molar-refractivity contribution in [2.75, 3.05) is 6.54 Å². The van der Waals surface area contributed by atoms with Gasteiger partial charge in [-0.1, -0.05) is 36.4 Å². The molecule has 7 nitrogen and oxygen atoms in total. The molecule has 0 spiro atoms. The second-order valence-electron chi connectivity index (χ2n) is 6.52. The highest BCUT2D eigenvalue weighted by Crippen LogP contribution is 2.25. The van der Waals surface area contributed by atoms with Crippen molar-refractivity contribution >= 4 is 18.0 Å². The zero-order valence-electron chi connectivity index (χ0n) is 14.9. The van der Waals surface area contributed by atoms with Crippen molar-refractivity contribution in [1.29, 1.82) is 0 Å². The number of carbonyl (C=O) groups is 3. The fourth-order valence-electron chi connectivity index (χ4n) is 3.07. The first-order chi connectivity index (χ1) is 13.4. The van der Waals surface area contributed by atoms with Crippen molar-refractivity contribution in [3.8, 4) is 0 Å². The van der Waals surface area contributed by atoms with Crippen LogP contribution in [0.5, 0.6) is 0 Å². The third kappa shape index (κ3) is 4.11. The molecule has 1 heterocycles. The summed E-state index contributed by atoms with van der Waals surface area (Å²) < 4.78 is 18.3. The number of carbonyl (C=O) groups excluding carboxylic acids is 2. The highest BCUT2D eigenvalue weighted by atomic mass is 19.1. The van der Waals surface area contributed by atoms with Gasteiger partial charge in [0.05, 0.1) is 5.92 Å². The standard InChI is InChI=1S/C20H19FN2O5/c21-15-7-5-14(6-8-15)17(18(22)24)13-3-1-12(2-4-13)11-28-20(27)23-10-9-16(23)19(25)26/h1-8,16-17H,9-11H2,(H2,22,24)(H,25,26)/t16-,17?/m0/s1. The largest absolute Gasteiger partial charge is 0.480 e. The van der Waals surface area contributed by atoms with Crippen molar-refractivity contribution < 1.29 is 28.6 Å². The first kappa shape index (κ1) is 19.3. The van der Waals surface area contributed by atoms with Gasteiger partial charge >= 0.3 is 12.1 Å². The Bertz CT molecular complexity index is 882. The summed E-state index contributed by atoms with van der Waals surface area (Å²) in [4.78, 5) is 35.9. The number of carboxylic acid groups (broad SMARTS) is 1. The molecule has 3 N–H and O–H groups in total. The van der Waals surface area contributed by atoms with Gasteiger partial charge in [-0.3, -0.25) is 9.69 Å². The Morgan fingerprint density at radius 3 is 2.14 bits per heavy atom. The third-order valence-electron chi connectivity index (χ3n) is 4.70. The number of aliphatic carboxylic acids is 1. The molecule has 0 bridgehead atoms. The van der Waals surface area contributed by atoms with Crippen LogP contribution in [-0.4, -0.2) is 40.6 Å². The molecule has 0 saturated carbocycles. The lowest BCUT2D eigenvalue weighted by Crippen LogP contribution is -2.55. The lowest BCUT2D eigenvalue weighted by atomic mass is 9.90. The molecule has 1 aliphatic heterocycles. The van der Waals surface area contributed by atoms with E-state index in [0.29, 0.717) is 29.7 Å². The number of ether oxygens (including phenoxy) is 1. The highest BCUT2D eigenvalue weighted by molar-refractivity contribution is 5.85. The predicted molar refractivity (Wildman–Crippen MR) is 96.8 cm³/mol. The molecule has 2 aromatic carbocycles. The van der Waals surface area contributed by atoms with E-state index in [1.165, 1.54) is 24.3 Å². The van der Waals surface area contributed by atoms with Crippen LogP contribution in [0.15, 0.2) is 48.5 Å². The number of benzene rings is 2. The Morgan fingerprint density at radius 2 is 1.68 bits per heavy atom. The number of hydrogen-bond acceptors (Lipinski definition) is 4. The highest BCUT2D eigenvalue weighted by Gasteiger charge is 2.38. The van der Waals surface area contributed by atoms with E-state index in [2.05, 4.69) is 0 Å². The number of rotatable bonds is 6. The molecule has 2 atom stereocenters. The Morgan fingerprint density at radius 1 is 1.11 bits per heavy atom. The Hall–Kier alpha value is -3.42. The Labute approximate surface area is 160 Å².